The molecule has 1 unspecified atom stereocenters. The lowest BCUT2D eigenvalue weighted by Gasteiger charge is -2.22. The van der Waals surface area contributed by atoms with Gasteiger partial charge in [0.25, 0.3) is 0 Å². The summed E-state index contributed by atoms with van der Waals surface area (Å²) in [6, 6.07) is 16.7. The molecule has 160 valence electrons. The van der Waals surface area contributed by atoms with Crippen molar-refractivity contribution >= 4 is 6.09 Å². The van der Waals surface area contributed by atoms with Crippen molar-refractivity contribution in [2.45, 2.75) is 37.8 Å². The van der Waals surface area contributed by atoms with Crippen LogP contribution in [0, 0.1) is 0 Å². The zero-order valence-electron chi connectivity index (χ0n) is 17.7. The van der Waals surface area contributed by atoms with E-state index in [1.807, 2.05) is 38.1 Å². The molecule has 1 aliphatic heterocycles. The number of hydrogen-bond acceptors (Lipinski definition) is 5. The molecule has 0 radical (unpaired) electrons. The molecule has 1 atom stereocenters. The third-order valence-electron chi connectivity index (χ3n) is 6.36. The number of aromatic nitrogens is 3. The fraction of sp³-hybridized carbons (Fsp3) is 0.375. The van der Waals surface area contributed by atoms with Crippen LogP contribution in [-0.4, -0.2) is 50.8 Å². The Morgan fingerprint density at radius 3 is 2.42 bits per heavy atom. The van der Waals surface area contributed by atoms with Gasteiger partial charge < -0.3 is 14.7 Å². The number of rotatable bonds is 4. The van der Waals surface area contributed by atoms with E-state index in [0.717, 1.165) is 0 Å². The maximum atomic E-state index is 12.8. The molecule has 0 bridgehead atoms. The average Bonchev–Trinajstić information content (AvgIpc) is 3.49. The predicted molar refractivity (Wildman–Crippen MR) is 116 cm³/mol. The normalized spacial score (nSPS) is 20.2. The van der Waals surface area contributed by atoms with E-state index in [-0.39, 0.29) is 25.1 Å². The van der Waals surface area contributed by atoms with Gasteiger partial charge in [0.05, 0.1) is 12.7 Å². The molecule has 1 aromatic heterocycles. The number of carbonyl (C=O) groups excluding carboxylic acids is 1. The molecule has 1 fully saturated rings. The Morgan fingerprint density at radius 1 is 1.16 bits per heavy atom. The average molecular weight is 418 g/mol. The van der Waals surface area contributed by atoms with E-state index >= 15 is 0 Å². The van der Waals surface area contributed by atoms with Crippen LogP contribution in [-0.2, 0) is 10.3 Å². The molecule has 0 spiro atoms. The largest absolute Gasteiger partial charge is 0.448 e. The van der Waals surface area contributed by atoms with Gasteiger partial charge in [0, 0.05) is 24.9 Å². The highest BCUT2D eigenvalue weighted by Gasteiger charge is 2.43. The van der Waals surface area contributed by atoms with E-state index in [9.17, 15) is 9.90 Å². The highest BCUT2D eigenvalue weighted by molar-refractivity contribution is 5.79. The minimum atomic E-state index is -1.20. The van der Waals surface area contributed by atoms with Crippen LogP contribution in [0.4, 0.5) is 4.79 Å². The maximum absolute atomic E-state index is 12.8. The zero-order valence-corrected chi connectivity index (χ0v) is 17.7. The third kappa shape index (κ3) is 3.39. The summed E-state index contributed by atoms with van der Waals surface area (Å²) in [5.74, 6) is 0.0174. The van der Waals surface area contributed by atoms with E-state index in [4.69, 9.17) is 4.74 Å². The molecule has 31 heavy (non-hydrogen) atoms. The Kier molecular flexibility index (Phi) is 4.78. The topological polar surface area (TPSA) is 80.5 Å². The lowest BCUT2D eigenvalue weighted by molar-refractivity contribution is 0.0375. The van der Waals surface area contributed by atoms with Crippen molar-refractivity contribution in [1.82, 2.24) is 19.9 Å². The first kappa shape index (κ1) is 19.8. The molecule has 5 rings (SSSR count). The minimum absolute atomic E-state index is 0.0174. The molecule has 7 heteroatoms. The molecule has 1 saturated heterocycles. The van der Waals surface area contributed by atoms with Crippen LogP contribution in [0.3, 0.4) is 0 Å². The lowest BCUT2D eigenvalue weighted by atomic mass is 9.98. The van der Waals surface area contributed by atoms with Gasteiger partial charge >= 0.3 is 6.09 Å². The summed E-state index contributed by atoms with van der Waals surface area (Å²) < 4.78 is 7.44. The first-order chi connectivity index (χ1) is 15.0. The van der Waals surface area contributed by atoms with Crippen LogP contribution in [0.5, 0.6) is 0 Å². The van der Waals surface area contributed by atoms with Crippen LogP contribution >= 0.6 is 0 Å². The first-order valence-electron chi connectivity index (χ1n) is 10.7. The standard InChI is InChI=1S/C24H26N4O3/c1-16(2)28-13-22(25-26-28)24(30)11-12-27(15-24)23(29)31-14-21-19-9-5-3-7-17(19)18-8-4-6-10-20(18)21/h3-10,13,16,21,30H,11-12,14-15H2,1-2H3. The second-order valence-corrected chi connectivity index (χ2v) is 8.68. The molecule has 1 amide bonds. The number of fused-ring (bicyclic) bond motifs is 3. The van der Waals surface area contributed by atoms with Gasteiger partial charge in [-0.05, 0) is 36.1 Å². The lowest BCUT2D eigenvalue weighted by Crippen LogP contribution is -2.35. The first-order valence-corrected chi connectivity index (χ1v) is 10.7. The number of nitrogens with zero attached hydrogens (tertiary/aromatic N) is 4. The smallest absolute Gasteiger partial charge is 0.409 e. The molecule has 0 saturated carbocycles. The zero-order chi connectivity index (χ0) is 21.6. The molecule has 1 N–H and O–H groups in total. The van der Waals surface area contributed by atoms with Gasteiger partial charge in [-0.15, -0.1) is 5.10 Å². The van der Waals surface area contributed by atoms with Gasteiger partial charge in [-0.1, -0.05) is 53.7 Å². The van der Waals surface area contributed by atoms with E-state index < -0.39 is 11.7 Å². The van der Waals surface area contributed by atoms with E-state index in [0.29, 0.717) is 18.7 Å². The fourth-order valence-electron chi connectivity index (χ4n) is 4.59. The third-order valence-corrected chi connectivity index (χ3v) is 6.36. The Labute approximate surface area is 181 Å². The number of hydrogen-bond donors (Lipinski definition) is 1. The summed E-state index contributed by atoms with van der Waals surface area (Å²) in [4.78, 5) is 14.4. The molecule has 3 aromatic rings. The molecule has 1 aliphatic carbocycles. The van der Waals surface area contributed by atoms with Gasteiger partial charge in [0.2, 0.25) is 0 Å². The predicted octanol–water partition coefficient (Wildman–Crippen LogP) is 3.70. The van der Waals surface area contributed by atoms with Crippen LogP contribution in [0.15, 0.2) is 54.7 Å². The monoisotopic (exact) mass is 418 g/mol. The van der Waals surface area contributed by atoms with Crippen LogP contribution in [0.25, 0.3) is 11.1 Å². The second-order valence-electron chi connectivity index (χ2n) is 8.68. The summed E-state index contributed by atoms with van der Waals surface area (Å²) in [6.45, 7) is 4.84. The van der Waals surface area contributed by atoms with Crippen molar-refractivity contribution in [1.29, 1.82) is 0 Å². The highest BCUT2D eigenvalue weighted by Crippen LogP contribution is 2.44. The molecular weight excluding hydrogens is 392 g/mol. The van der Waals surface area contributed by atoms with Crippen molar-refractivity contribution in [3.63, 3.8) is 0 Å². The van der Waals surface area contributed by atoms with Gasteiger partial charge in [-0.2, -0.15) is 0 Å². The summed E-state index contributed by atoms with van der Waals surface area (Å²) >= 11 is 0. The van der Waals surface area contributed by atoms with Gasteiger partial charge in [0.1, 0.15) is 17.9 Å². The van der Waals surface area contributed by atoms with Crippen molar-refractivity contribution in [2.75, 3.05) is 19.7 Å². The Bertz CT molecular complexity index is 1080. The second kappa shape index (κ2) is 7.50. The Hall–Kier alpha value is -3.19. The summed E-state index contributed by atoms with van der Waals surface area (Å²) in [5, 5.41) is 19.3. The summed E-state index contributed by atoms with van der Waals surface area (Å²) in [6.07, 6.45) is 1.76. The van der Waals surface area contributed by atoms with Gasteiger partial charge in [-0.3, -0.25) is 0 Å². The van der Waals surface area contributed by atoms with Crippen LogP contribution in [0.1, 0.15) is 49.0 Å². The van der Waals surface area contributed by atoms with Crippen molar-refractivity contribution in [3.8, 4) is 11.1 Å². The minimum Gasteiger partial charge on any atom is -0.448 e. The van der Waals surface area contributed by atoms with Crippen LogP contribution in [0.2, 0.25) is 0 Å². The van der Waals surface area contributed by atoms with E-state index in [2.05, 4.69) is 34.6 Å². The van der Waals surface area contributed by atoms with Gasteiger partial charge in [-0.25, -0.2) is 9.48 Å². The number of benzene rings is 2. The molecule has 2 heterocycles. The Morgan fingerprint density at radius 2 is 1.81 bits per heavy atom. The number of amides is 1. The SMILES string of the molecule is CC(C)n1cc(C2(O)CCN(C(=O)OCC3c4ccccc4-c4ccccc43)C2)nn1. The molecule has 2 aromatic carbocycles. The number of aliphatic hydroxyl groups is 1. The highest BCUT2D eigenvalue weighted by atomic mass is 16.6. The summed E-state index contributed by atoms with van der Waals surface area (Å²) in [7, 11) is 0. The summed E-state index contributed by atoms with van der Waals surface area (Å²) in [5.41, 5.74) is 4.05. The van der Waals surface area contributed by atoms with E-state index in [1.54, 1.807) is 15.8 Å². The van der Waals surface area contributed by atoms with Crippen molar-refractivity contribution in [2.24, 2.45) is 0 Å². The van der Waals surface area contributed by atoms with Crippen molar-refractivity contribution < 1.29 is 14.6 Å². The number of likely N-dealkylation sites (tertiary alicyclic amines) is 1. The van der Waals surface area contributed by atoms with Crippen molar-refractivity contribution in [3.05, 3.63) is 71.5 Å². The van der Waals surface area contributed by atoms with E-state index in [1.165, 1.54) is 22.3 Å². The number of carbonyl (C=O) groups is 1. The van der Waals surface area contributed by atoms with Crippen LogP contribution < -0.4 is 0 Å². The van der Waals surface area contributed by atoms with Gasteiger partial charge in [0.15, 0.2) is 0 Å². The molecular formula is C24H26N4O3. The fourth-order valence-corrected chi connectivity index (χ4v) is 4.59. The Balaban J connectivity index is 1.27. The maximum Gasteiger partial charge on any atom is 0.409 e. The number of ether oxygens (including phenoxy) is 1. The molecule has 7 nitrogen and oxygen atoms in total. The quantitative estimate of drug-likeness (QED) is 0.699. The number of β-amino-alcohol motifs (C(OH)–C–C–N with tert-alkyl or cyclic N) is 1. The molecule has 2 aliphatic rings.